The average molecular weight is 723 g/mol. The van der Waals surface area contributed by atoms with Gasteiger partial charge in [0.2, 0.25) is 5.36 Å². The molecule has 14 nitrogen and oxygen atoms in total. The van der Waals surface area contributed by atoms with Crippen molar-refractivity contribution in [3.63, 3.8) is 0 Å². The second kappa shape index (κ2) is 27.8. The fraction of sp³-hybridized carbons (Fsp3) is 0.676. The fourth-order valence-corrected chi connectivity index (χ4v) is 4.87. The van der Waals surface area contributed by atoms with Crippen LogP contribution in [0, 0.1) is 6.92 Å². The van der Waals surface area contributed by atoms with Gasteiger partial charge in [-0.2, -0.15) is 0 Å². The monoisotopic (exact) mass is 722 g/mol. The van der Waals surface area contributed by atoms with Crippen molar-refractivity contribution in [2.45, 2.75) is 13.8 Å². The van der Waals surface area contributed by atoms with Crippen molar-refractivity contribution in [2.75, 3.05) is 158 Å². The van der Waals surface area contributed by atoms with Gasteiger partial charge in [-0.15, -0.1) is 0 Å². The second-order valence-electron chi connectivity index (χ2n) is 11.4. The van der Waals surface area contributed by atoms with Crippen molar-refractivity contribution in [2.24, 2.45) is 0 Å². The zero-order chi connectivity index (χ0) is 36.2. The summed E-state index contributed by atoms with van der Waals surface area (Å²) in [6.07, 6.45) is 0. The minimum absolute atomic E-state index is 0.489. The number of ether oxygens (including phenoxy) is 10. The maximum atomic E-state index is 6.36. The predicted molar refractivity (Wildman–Crippen MR) is 195 cm³/mol. The standard InChI is InChI=1S/C37H59N3O11/c1-5-38-34-30-37-35(28-31(34)2)39-33-7-6-32(29-36(33)51-37)40(8-10-43-16-18-47-24-26-49-22-20-45-14-12-41-3)9-11-44-17-19-48-25-27-50-23-21-46-15-13-42-4/h6-7,28-30H,5,8-27H2,1-4H3/p+1. The lowest BCUT2D eigenvalue weighted by Crippen LogP contribution is -2.36. The van der Waals surface area contributed by atoms with Crippen molar-refractivity contribution in [1.29, 1.82) is 0 Å². The second-order valence-corrected chi connectivity index (χ2v) is 11.4. The number of fused-ring (bicyclic) bond motifs is 2. The van der Waals surface area contributed by atoms with Gasteiger partial charge in [0.25, 0.3) is 0 Å². The van der Waals surface area contributed by atoms with Gasteiger partial charge in [0.15, 0.2) is 24.4 Å². The van der Waals surface area contributed by atoms with E-state index in [1.165, 1.54) is 0 Å². The Morgan fingerprint density at radius 1 is 0.588 bits per heavy atom. The lowest BCUT2D eigenvalue weighted by atomic mass is 10.1. The number of nitrogens with zero attached hydrogens (tertiary/aromatic N) is 2. The normalized spacial score (nSPS) is 11.6. The van der Waals surface area contributed by atoms with Gasteiger partial charge in [0, 0.05) is 38.6 Å². The van der Waals surface area contributed by atoms with E-state index in [2.05, 4.69) is 35.9 Å². The molecule has 0 aromatic heterocycles. The van der Waals surface area contributed by atoms with Crippen molar-refractivity contribution >= 4 is 16.8 Å². The van der Waals surface area contributed by atoms with E-state index in [1.807, 2.05) is 18.2 Å². The minimum Gasteiger partial charge on any atom is -0.452 e. The highest BCUT2D eigenvalue weighted by atomic mass is 16.6. The van der Waals surface area contributed by atoms with Crippen LogP contribution in [0.15, 0.2) is 34.7 Å². The smallest absolute Gasteiger partial charge is 0.203 e. The molecule has 1 N–H and O–H groups in total. The van der Waals surface area contributed by atoms with Crippen molar-refractivity contribution in [3.8, 4) is 11.5 Å². The molecule has 51 heavy (non-hydrogen) atoms. The van der Waals surface area contributed by atoms with E-state index in [-0.39, 0.29) is 0 Å². The summed E-state index contributed by atoms with van der Waals surface area (Å²) < 4.78 is 63.4. The lowest BCUT2D eigenvalue weighted by Gasteiger charge is -2.11. The number of rotatable bonds is 32. The van der Waals surface area contributed by atoms with E-state index in [1.54, 1.807) is 14.2 Å². The van der Waals surface area contributed by atoms with Gasteiger partial charge in [-0.3, -0.25) is 0 Å². The Morgan fingerprint density at radius 3 is 1.49 bits per heavy atom. The Labute approximate surface area is 302 Å². The Morgan fingerprint density at radius 2 is 1.04 bits per heavy atom. The van der Waals surface area contributed by atoms with Crippen molar-refractivity contribution in [1.82, 2.24) is 9.56 Å². The number of methoxy groups -OCH3 is 2. The molecule has 0 saturated heterocycles. The van der Waals surface area contributed by atoms with Gasteiger partial charge < -0.3 is 57.1 Å². The fourth-order valence-electron chi connectivity index (χ4n) is 4.87. The number of nitrogens with one attached hydrogen (secondary N) is 1. The molecule has 0 fully saturated rings. The molecule has 0 spiro atoms. The van der Waals surface area contributed by atoms with Gasteiger partial charge in [-0.1, -0.05) is 0 Å². The summed E-state index contributed by atoms with van der Waals surface area (Å²) in [5.41, 5.74) is 4.54. The molecule has 14 heteroatoms. The molecule has 1 aromatic rings. The lowest BCUT2D eigenvalue weighted by molar-refractivity contribution is -0.00922. The highest BCUT2D eigenvalue weighted by Crippen LogP contribution is 2.27. The predicted octanol–water partition coefficient (Wildman–Crippen LogP) is 2.87. The van der Waals surface area contributed by atoms with Gasteiger partial charge in [0.1, 0.15) is 24.4 Å². The molecule has 0 saturated carbocycles. The molecular formula is C37H60N3O11+. The molecule has 0 radical (unpaired) electrons. The first-order valence-corrected chi connectivity index (χ1v) is 17.9. The Bertz CT molecular complexity index is 1320. The summed E-state index contributed by atoms with van der Waals surface area (Å²) in [6.45, 7) is 15.8. The van der Waals surface area contributed by atoms with Crippen LogP contribution in [0.2, 0.25) is 0 Å². The van der Waals surface area contributed by atoms with Crippen LogP contribution in [-0.2, 0) is 47.4 Å². The molecule has 2 aliphatic rings. The van der Waals surface area contributed by atoms with Crippen LogP contribution in [0.4, 0.5) is 5.69 Å². The van der Waals surface area contributed by atoms with Crippen LogP contribution in [0.5, 0.6) is 0 Å². The summed E-state index contributed by atoms with van der Waals surface area (Å²) in [7, 11) is 3.30. The third kappa shape index (κ3) is 18.0. The largest absolute Gasteiger partial charge is 0.452 e. The number of hydrogen-bond acceptors (Lipinski definition) is 13. The number of anilines is 1. The van der Waals surface area contributed by atoms with Crippen LogP contribution >= 0.6 is 0 Å². The zero-order valence-corrected chi connectivity index (χ0v) is 31.1. The number of benzene rings is 2. The molecule has 1 aliphatic carbocycles. The molecule has 3 rings (SSSR count). The van der Waals surface area contributed by atoms with E-state index in [4.69, 9.17) is 56.8 Å². The summed E-state index contributed by atoms with van der Waals surface area (Å²) in [5, 5.41) is 4.39. The number of hydrogen-bond donors (Lipinski definition) is 1. The van der Waals surface area contributed by atoms with E-state index in [0.717, 1.165) is 39.9 Å². The quantitative estimate of drug-likeness (QED) is 0.0576. The third-order valence-electron chi connectivity index (χ3n) is 7.55. The minimum atomic E-state index is 0.489. The Balaban J connectivity index is 1.47. The maximum Gasteiger partial charge on any atom is 0.203 e. The summed E-state index contributed by atoms with van der Waals surface area (Å²) in [5.74, 6) is 0.715. The first kappa shape index (κ1) is 42.7. The molecule has 0 atom stereocenters. The van der Waals surface area contributed by atoms with Gasteiger partial charge in [0.05, 0.1) is 112 Å². The van der Waals surface area contributed by atoms with E-state index >= 15 is 0 Å². The van der Waals surface area contributed by atoms with Crippen LogP contribution in [0.1, 0.15) is 12.5 Å². The highest BCUT2D eigenvalue weighted by Gasteiger charge is 2.14. The molecular weight excluding hydrogens is 662 g/mol. The third-order valence-corrected chi connectivity index (χ3v) is 7.55. The topological polar surface area (TPSA) is 133 Å². The zero-order valence-electron chi connectivity index (χ0n) is 31.1. The van der Waals surface area contributed by atoms with Crippen LogP contribution < -0.4 is 15.2 Å². The molecule has 1 heterocycles. The van der Waals surface area contributed by atoms with Crippen LogP contribution in [0.3, 0.4) is 0 Å². The average Bonchev–Trinajstić information content (AvgIpc) is 3.13. The number of aromatic nitrogens is 1. The number of aryl methyl sites for hydroxylation is 1. The van der Waals surface area contributed by atoms with E-state index < -0.39 is 0 Å². The van der Waals surface area contributed by atoms with Gasteiger partial charge in [-0.05, 0) is 31.5 Å². The summed E-state index contributed by atoms with van der Waals surface area (Å²) in [6, 6.07) is 10.2. The summed E-state index contributed by atoms with van der Waals surface area (Å²) >= 11 is 0. The van der Waals surface area contributed by atoms with E-state index in [0.29, 0.717) is 138 Å². The van der Waals surface area contributed by atoms with Crippen molar-refractivity contribution < 1.29 is 51.8 Å². The first-order valence-electron chi connectivity index (χ1n) is 17.9. The van der Waals surface area contributed by atoms with Crippen LogP contribution in [0.25, 0.3) is 22.6 Å². The molecule has 0 unspecified atom stereocenters. The Hall–Kier alpha value is -2.76. The van der Waals surface area contributed by atoms with Crippen LogP contribution in [-0.4, -0.2) is 158 Å². The maximum absolute atomic E-state index is 6.36. The van der Waals surface area contributed by atoms with Gasteiger partial charge in [-0.25, -0.2) is 9.56 Å². The molecule has 1 aromatic carbocycles. The molecule has 0 amide bonds. The van der Waals surface area contributed by atoms with Gasteiger partial charge >= 0.3 is 0 Å². The van der Waals surface area contributed by atoms with E-state index in [9.17, 15) is 0 Å². The molecule has 0 bridgehead atoms. The summed E-state index contributed by atoms with van der Waals surface area (Å²) in [4.78, 5) is 4.87. The van der Waals surface area contributed by atoms with Crippen molar-refractivity contribution in [3.05, 3.63) is 41.3 Å². The first-order chi connectivity index (χ1) is 25.2. The SMILES string of the molecule is CCNc1cc2oc3cc(=[N+](CCOCCOCCOCCOCCOC)CCOCCOCCOCCOCCOC)ccc-3nc2cc1C. The molecule has 1 aliphatic heterocycles. The molecule has 288 valence electrons. The Kier molecular flexibility index (Phi) is 23.3. The highest BCUT2D eigenvalue weighted by molar-refractivity contribution is 5.81.